The molecule has 0 aliphatic carbocycles. The number of aromatic nitrogens is 2. The first kappa shape index (κ1) is 42.5. The van der Waals surface area contributed by atoms with E-state index >= 15 is 0 Å². The number of hydrogen-bond acceptors (Lipinski definition) is 7. The van der Waals surface area contributed by atoms with Crippen LogP contribution < -0.4 is 11.5 Å². The van der Waals surface area contributed by atoms with E-state index in [1.54, 1.807) is 0 Å². The average Bonchev–Trinajstić information content (AvgIpc) is 3.16. The van der Waals surface area contributed by atoms with Gasteiger partial charge in [-0.05, 0) is 97.1 Å². The van der Waals surface area contributed by atoms with Crippen molar-refractivity contribution in [1.82, 2.24) is 9.97 Å². The number of nitrogens with zero attached hydrogens (tertiary/aromatic N) is 2. The van der Waals surface area contributed by atoms with E-state index in [1.165, 1.54) is 36.4 Å². The van der Waals surface area contributed by atoms with Gasteiger partial charge in [0.25, 0.3) is 0 Å². The van der Waals surface area contributed by atoms with Crippen LogP contribution in [0, 0.1) is 34.9 Å². The van der Waals surface area contributed by atoms with E-state index < -0.39 is 94.8 Å². The van der Waals surface area contributed by atoms with E-state index in [0.29, 0.717) is 17.2 Å². The molecule has 2 amide bonds. The van der Waals surface area contributed by atoms with Crippen molar-refractivity contribution in [3.05, 3.63) is 188 Å². The molecule has 6 rings (SSSR count). The molecule has 2 aromatic heterocycles. The Morgan fingerprint density at radius 2 is 1.04 bits per heavy atom. The normalized spacial score (nSPS) is 12.8. The fraction of sp³-hybridized carbons (Fsp3) is 0.0526. The van der Waals surface area contributed by atoms with E-state index in [4.69, 9.17) is 34.7 Å². The number of carbonyl (C=O) groups is 2. The van der Waals surface area contributed by atoms with Gasteiger partial charge in [0.2, 0.25) is 11.8 Å². The summed E-state index contributed by atoms with van der Waals surface area (Å²) in [5.74, 6) is -7.81. The highest BCUT2D eigenvalue weighted by Crippen LogP contribution is 2.38. The number of amides is 2. The van der Waals surface area contributed by atoms with Gasteiger partial charge in [0.15, 0.2) is 9.84 Å². The van der Waals surface area contributed by atoms with Crippen LogP contribution in [-0.4, -0.2) is 34.4 Å². The molecule has 0 radical (unpaired) electrons. The fourth-order valence-corrected chi connectivity index (χ4v) is 8.76. The molecule has 294 valence electrons. The number of halogens is 8. The Bertz CT molecular complexity index is 2640. The highest BCUT2D eigenvalue weighted by molar-refractivity contribution is 7.92. The lowest BCUT2D eigenvalue weighted by molar-refractivity contribution is 0.0991. The number of hydrogen-bond donors (Lipinski definition) is 2. The van der Waals surface area contributed by atoms with Gasteiger partial charge in [0.1, 0.15) is 45.4 Å². The number of primary amides is 2. The van der Waals surface area contributed by atoms with Gasteiger partial charge in [0, 0.05) is 38.5 Å². The molecule has 57 heavy (non-hydrogen) atoms. The van der Waals surface area contributed by atoms with Crippen LogP contribution in [0.25, 0.3) is 0 Å². The Balaban J connectivity index is 0.000000218. The molecule has 19 heteroatoms. The molecule has 4 aromatic carbocycles. The van der Waals surface area contributed by atoms with Crippen molar-refractivity contribution in [1.29, 1.82) is 0 Å². The van der Waals surface area contributed by atoms with Crippen molar-refractivity contribution < 1.29 is 48.6 Å². The summed E-state index contributed by atoms with van der Waals surface area (Å²) in [6.07, 6.45) is 1.85. The Kier molecular flexibility index (Phi) is 13.2. The standard InChI is InChI=1S/C19H12ClF3N2O3S.C19H12ClF3N2O2S/c20-11-1-4-13(5-2-11)29(27,28)18(14-8-12(21)3-6-15(14)22)17-16(23)7-10(9-25-17)19(24)26;20-11-1-4-13(5-2-11)28(27)18(14-8-12(21)3-6-15(14)22)17-16(23)7-10(9-25-17)19(24)26/h1-9,18H,(H2,24,26);1-9,18H,(H2,24,26). The maximum atomic E-state index is 14.7. The van der Waals surface area contributed by atoms with E-state index in [1.807, 2.05) is 0 Å². The summed E-state index contributed by atoms with van der Waals surface area (Å²) in [4.78, 5) is 29.9. The molecule has 0 spiro atoms. The maximum Gasteiger partial charge on any atom is 0.250 e. The predicted molar refractivity (Wildman–Crippen MR) is 198 cm³/mol. The molecule has 0 saturated heterocycles. The molecule has 4 N–H and O–H groups in total. The summed E-state index contributed by atoms with van der Waals surface area (Å²) in [5.41, 5.74) is 7.54. The van der Waals surface area contributed by atoms with Crippen LogP contribution in [0.4, 0.5) is 26.3 Å². The molecule has 3 unspecified atom stereocenters. The summed E-state index contributed by atoms with van der Waals surface area (Å²) in [7, 11) is -6.56. The minimum atomic E-state index is -4.50. The number of carbonyl (C=O) groups excluding carboxylic acids is 2. The third-order valence-electron chi connectivity index (χ3n) is 8.00. The first-order chi connectivity index (χ1) is 26.9. The van der Waals surface area contributed by atoms with Crippen LogP contribution in [0.5, 0.6) is 0 Å². The Labute approximate surface area is 332 Å². The van der Waals surface area contributed by atoms with Crippen molar-refractivity contribution in [2.24, 2.45) is 11.5 Å². The van der Waals surface area contributed by atoms with Gasteiger partial charge in [-0.1, -0.05) is 23.2 Å². The quantitative estimate of drug-likeness (QED) is 0.132. The number of nitrogens with two attached hydrogens (primary N) is 2. The molecule has 0 fully saturated rings. The van der Waals surface area contributed by atoms with Crippen LogP contribution in [0.2, 0.25) is 10.0 Å². The minimum absolute atomic E-state index is 0.207. The average molecular weight is 866 g/mol. The van der Waals surface area contributed by atoms with Gasteiger partial charge >= 0.3 is 0 Å². The molecule has 0 aliphatic heterocycles. The Morgan fingerprint density at radius 1 is 0.596 bits per heavy atom. The van der Waals surface area contributed by atoms with Crippen LogP contribution in [0.15, 0.2) is 119 Å². The van der Waals surface area contributed by atoms with E-state index in [-0.39, 0.29) is 31.5 Å². The molecule has 0 saturated carbocycles. The lowest BCUT2D eigenvalue weighted by Gasteiger charge is -2.19. The van der Waals surface area contributed by atoms with E-state index in [9.17, 15) is 48.6 Å². The second-order valence-electron chi connectivity index (χ2n) is 11.8. The van der Waals surface area contributed by atoms with Gasteiger partial charge in [-0.3, -0.25) is 23.8 Å². The Morgan fingerprint density at radius 3 is 1.51 bits per heavy atom. The lowest BCUT2D eigenvalue weighted by Crippen LogP contribution is -2.20. The number of benzene rings is 4. The molecule has 9 nitrogen and oxygen atoms in total. The van der Waals surface area contributed by atoms with E-state index in [2.05, 4.69) is 9.97 Å². The van der Waals surface area contributed by atoms with Crippen molar-refractivity contribution in [2.45, 2.75) is 20.3 Å². The number of sulfone groups is 1. The van der Waals surface area contributed by atoms with Gasteiger partial charge in [-0.15, -0.1) is 0 Å². The second kappa shape index (κ2) is 17.7. The summed E-state index contributed by atoms with van der Waals surface area (Å²) in [6, 6.07) is 16.9. The van der Waals surface area contributed by atoms with E-state index in [0.717, 1.165) is 60.9 Å². The summed E-state index contributed by atoms with van der Waals surface area (Å²) < 4.78 is 126. The predicted octanol–water partition coefficient (Wildman–Crippen LogP) is 7.96. The molecule has 0 bridgehead atoms. The molecular weight excluding hydrogens is 841 g/mol. The monoisotopic (exact) mass is 864 g/mol. The summed E-state index contributed by atoms with van der Waals surface area (Å²) >= 11 is 11.6. The molecule has 0 aliphatic rings. The zero-order chi connectivity index (χ0) is 41.8. The van der Waals surface area contributed by atoms with Crippen LogP contribution in [0.1, 0.15) is 53.7 Å². The highest BCUT2D eigenvalue weighted by Gasteiger charge is 2.37. The minimum Gasteiger partial charge on any atom is -0.366 e. The SMILES string of the molecule is NC(=O)c1cnc(C(c2cc(F)ccc2F)S(=O)(=O)c2ccc(Cl)cc2)c(F)c1.NC(=O)c1cnc(C(c2cc(F)ccc2F)S(=O)c2ccc(Cl)cc2)c(F)c1. The second-order valence-corrected chi connectivity index (χ2v) is 16.2. The highest BCUT2D eigenvalue weighted by atomic mass is 35.5. The lowest BCUT2D eigenvalue weighted by atomic mass is 10.1. The smallest absolute Gasteiger partial charge is 0.250 e. The van der Waals surface area contributed by atoms with Gasteiger partial charge in [-0.2, -0.15) is 0 Å². The van der Waals surface area contributed by atoms with Crippen molar-refractivity contribution in [3.63, 3.8) is 0 Å². The first-order valence-electron chi connectivity index (χ1n) is 15.8. The van der Waals surface area contributed by atoms with Crippen LogP contribution in [-0.2, 0) is 20.6 Å². The largest absolute Gasteiger partial charge is 0.366 e. The van der Waals surface area contributed by atoms with Gasteiger partial charge in [-0.25, -0.2) is 34.8 Å². The zero-order valence-electron chi connectivity index (χ0n) is 28.5. The number of rotatable bonds is 10. The molecular formula is C38H24Cl2F6N4O5S2. The topological polar surface area (TPSA) is 163 Å². The molecule has 2 heterocycles. The third kappa shape index (κ3) is 9.68. The number of pyridine rings is 2. The maximum absolute atomic E-state index is 14.7. The molecule has 6 aromatic rings. The Hall–Kier alpha value is -5.62. The third-order valence-corrected chi connectivity index (χ3v) is 12.2. The molecule has 3 atom stereocenters. The first-order valence-corrected chi connectivity index (χ1v) is 19.4. The van der Waals surface area contributed by atoms with Gasteiger partial charge in [0.05, 0.1) is 38.2 Å². The zero-order valence-corrected chi connectivity index (χ0v) is 31.6. The van der Waals surface area contributed by atoms with Crippen LogP contribution >= 0.6 is 23.2 Å². The van der Waals surface area contributed by atoms with Crippen molar-refractivity contribution in [2.75, 3.05) is 0 Å². The fourth-order valence-electron chi connectivity index (χ4n) is 5.27. The van der Waals surface area contributed by atoms with Gasteiger partial charge < -0.3 is 11.5 Å². The summed E-state index contributed by atoms with van der Waals surface area (Å²) in [6.45, 7) is 0. The summed E-state index contributed by atoms with van der Waals surface area (Å²) in [5, 5.41) is -2.88. The van der Waals surface area contributed by atoms with Crippen LogP contribution in [0.3, 0.4) is 0 Å². The van der Waals surface area contributed by atoms with Crippen molar-refractivity contribution in [3.8, 4) is 0 Å². The van der Waals surface area contributed by atoms with Crippen molar-refractivity contribution >= 4 is 55.7 Å².